The van der Waals surface area contributed by atoms with Crippen molar-refractivity contribution < 1.29 is 29.0 Å². The summed E-state index contributed by atoms with van der Waals surface area (Å²) in [6, 6.07) is 12.6. The van der Waals surface area contributed by atoms with E-state index in [1.807, 2.05) is 19.9 Å². The first-order chi connectivity index (χ1) is 14.2. The molecule has 4 N–H and O–H groups in total. The highest BCUT2D eigenvalue weighted by Gasteiger charge is 2.34. The van der Waals surface area contributed by atoms with Crippen molar-refractivity contribution in [1.29, 1.82) is 0 Å². The molecule has 0 aromatic heterocycles. The van der Waals surface area contributed by atoms with Crippen molar-refractivity contribution in [3.8, 4) is 5.75 Å². The van der Waals surface area contributed by atoms with E-state index in [0.717, 1.165) is 6.07 Å². The van der Waals surface area contributed by atoms with Crippen LogP contribution in [0.1, 0.15) is 38.4 Å². The second-order valence-electron chi connectivity index (χ2n) is 7.39. The van der Waals surface area contributed by atoms with Gasteiger partial charge in [-0.25, -0.2) is 14.7 Å². The molecule has 0 bridgehead atoms. The Morgan fingerprint density at radius 2 is 1.90 bits per heavy atom. The zero-order chi connectivity index (χ0) is 22.1. The lowest BCUT2D eigenvalue weighted by atomic mass is 9.78. The van der Waals surface area contributed by atoms with E-state index in [4.69, 9.17) is 9.94 Å². The molecular formula is C22H25FN2O5. The first-order valence-electron chi connectivity index (χ1n) is 9.34. The first-order valence-corrected chi connectivity index (χ1v) is 9.34. The van der Waals surface area contributed by atoms with Gasteiger partial charge >= 0.3 is 6.09 Å². The number of para-hydroxylation sites is 1. The first kappa shape index (κ1) is 22.9. The summed E-state index contributed by atoms with van der Waals surface area (Å²) < 4.78 is 19.6. The van der Waals surface area contributed by atoms with Crippen LogP contribution in [0.3, 0.4) is 0 Å². The highest BCUT2D eigenvalue weighted by atomic mass is 19.1. The fourth-order valence-corrected chi connectivity index (χ4v) is 2.95. The van der Waals surface area contributed by atoms with Crippen LogP contribution in [0.4, 0.5) is 14.9 Å². The normalized spacial score (nSPS) is 12.4. The van der Waals surface area contributed by atoms with E-state index in [2.05, 4.69) is 5.32 Å². The predicted molar refractivity (Wildman–Crippen MR) is 109 cm³/mol. The predicted octanol–water partition coefficient (Wildman–Crippen LogP) is 4.69. The lowest BCUT2D eigenvalue weighted by Crippen LogP contribution is -2.29. The molecule has 0 aliphatic carbocycles. The fraction of sp³-hybridized carbons (Fsp3) is 0.273. The number of rotatable bonds is 8. The maximum Gasteiger partial charge on any atom is 0.412 e. The number of carbonyl (C=O) groups excluding carboxylic acids is 2. The summed E-state index contributed by atoms with van der Waals surface area (Å²) in [4.78, 5) is 23.6. The molecule has 0 aliphatic heterocycles. The van der Waals surface area contributed by atoms with Gasteiger partial charge in [-0.15, -0.1) is 0 Å². The molecule has 0 unspecified atom stereocenters. The van der Waals surface area contributed by atoms with Gasteiger partial charge in [0.2, 0.25) is 0 Å². The molecule has 8 heteroatoms. The van der Waals surface area contributed by atoms with Crippen molar-refractivity contribution in [3.05, 3.63) is 72.1 Å². The van der Waals surface area contributed by atoms with Gasteiger partial charge in [0, 0.05) is 17.2 Å². The van der Waals surface area contributed by atoms with E-state index in [9.17, 15) is 19.1 Å². The van der Waals surface area contributed by atoms with Crippen LogP contribution < -0.4 is 10.8 Å². The van der Waals surface area contributed by atoms with Crippen molar-refractivity contribution in [3.63, 3.8) is 0 Å². The summed E-state index contributed by atoms with van der Waals surface area (Å²) in [5.74, 6) is -1.97. The number of ether oxygens (including phenoxy) is 1. The molecule has 2 amide bonds. The Kier molecular flexibility index (Phi) is 7.94. The van der Waals surface area contributed by atoms with Crippen LogP contribution in [-0.4, -0.2) is 22.3 Å². The Morgan fingerprint density at radius 3 is 2.53 bits per heavy atom. The van der Waals surface area contributed by atoms with Gasteiger partial charge in [0.25, 0.3) is 5.91 Å². The van der Waals surface area contributed by atoms with Gasteiger partial charge in [-0.05, 0) is 42.7 Å². The van der Waals surface area contributed by atoms with E-state index in [1.165, 1.54) is 23.7 Å². The SMILES string of the molecule is CC(C)(CC/C=C/C(=O)NO)[C@H](OC(=O)Nc1ccccc1)c1ccc(O)c(F)c1. The molecular weight excluding hydrogens is 391 g/mol. The Labute approximate surface area is 174 Å². The molecule has 160 valence electrons. The zero-order valence-corrected chi connectivity index (χ0v) is 16.8. The number of anilines is 1. The minimum Gasteiger partial charge on any atom is -0.505 e. The number of amides is 2. The molecule has 2 aromatic carbocycles. The van der Waals surface area contributed by atoms with Crippen molar-refractivity contribution >= 4 is 17.7 Å². The number of hydroxylamine groups is 1. The molecule has 0 fully saturated rings. The Morgan fingerprint density at radius 1 is 1.20 bits per heavy atom. The van der Waals surface area contributed by atoms with Crippen molar-refractivity contribution in [1.82, 2.24) is 5.48 Å². The minimum absolute atomic E-state index is 0.385. The number of halogens is 1. The Hall–Kier alpha value is -3.39. The number of hydrogen-bond acceptors (Lipinski definition) is 5. The van der Waals surface area contributed by atoms with E-state index >= 15 is 0 Å². The van der Waals surface area contributed by atoms with Crippen LogP contribution in [0.2, 0.25) is 0 Å². The average Bonchev–Trinajstić information content (AvgIpc) is 2.72. The fourth-order valence-electron chi connectivity index (χ4n) is 2.95. The highest BCUT2D eigenvalue weighted by molar-refractivity contribution is 5.86. The van der Waals surface area contributed by atoms with Gasteiger partial charge in [-0.1, -0.05) is 44.2 Å². The van der Waals surface area contributed by atoms with Crippen LogP contribution in [0.5, 0.6) is 5.75 Å². The molecule has 2 aromatic rings. The molecule has 2 rings (SSSR count). The molecule has 0 radical (unpaired) electrons. The van der Waals surface area contributed by atoms with E-state index in [-0.39, 0.29) is 0 Å². The topological polar surface area (TPSA) is 108 Å². The van der Waals surface area contributed by atoms with Crippen LogP contribution in [0.25, 0.3) is 0 Å². The lowest BCUT2D eigenvalue weighted by Gasteiger charge is -2.34. The number of phenolic OH excluding ortho intramolecular Hbond substituents is 1. The van der Waals surface area contributed by atoms with Gasteiger partial charge in [-0.3, -0.25) is 15.3 Å². The molecule has 0 saturated heterocycles. The van der Waals surface area contributed by atoms with Crippen molar-refractivity contribution in [2.45, 2.75) is 32.8 Å². The van der Waals surface area contributed by atoms with Gasteiger partial charge in [-0.2, -0.15) is 0 Å². The molecule has 30 heavy (non-hydrogen) atoms. The Bertz CT molecular complexity index is 900. The van der Waals surface area contributed by atoms with E-state index in [1.54, 1.807) is 30.3 Å². The summed E-state index contributed by atoms with van der Waals surface area (Å²) in [5, 5.41) is 20.7. The highest BCUT2D eigenvalue weighted by Crippen LogP contribution is 2.41. The minimum atomic E-state index is -0.837. The summed E-state index contributed by atoms with van der Waals surface area (Å²) in [6.45, 7) is 3.69. The second kappa shape index (κ2) is 10.4. The quantitative estimate of drug-likeness (QED) is 0.284. The lowest BCUT2D eigenvalue weighted by molar-refractivity contribution is -0.124. The number of nitrogens with one attached hydrogen (secondary N) is 2. The summed E-state index contributed by atoms with van der Waals surface area (Å²) >= 11 is 0. The van der Waals surface area contributed by atoms with Gasteiger partial charge in [0.1, 0.15) is 6.10 Å². The number of aromatic hydroxyl groups is 1. The van der Waals surface area contributed by atoms with Crippen LogP contribution >= 0.6 is 0 Å². The van der Waals surface area contributed by atoms with Crippen LogP contribution in [0, 0.1) is 11.2 Å². The number of carbonyl (C=O) groups is 2. The molecule has 0 saturated carbocycles. The number of hydrogen-bond donors (Lipinski definition) is 4. The molecule has 1 atom stereocenters. The maximum absolute atomic E-state index is 14.0. The molecule has 0 spiro atoms. The standard InChI is InChI=1S/C22H25FN2O5/c1-22(2,13-7-6-10-19(27)25-29)20(15-11-12-18(26)17(23)14-15)30-21(28)24-16-8-4-3-5-9-16/h3-6,8-12,14,20,26,29H,7,13H2,1-2H3,(H,24,28)(H,25,27)/b10-6+/t20-/m1/s1. The van der Waals surface area contributed by atoms with Gasteiger partial charge in [0.05, 0.1) is 0 Å². The smallest absolute Gasteiger partial charge is 0.412 e. The summed E-state index contributed by atoms with van der Waals surface area (Å²) in [5.41, 5.74) is 1.78. The molecule has 7 nitrogen and oxygen atoms in total. The zero-order valence-electron chi connectivity index (χ0n) is 16.8. The third-order valence-corrected chi connectivity index (χ3v) is 4.56. The monoisotopic (exact) mass is 416 g/mol. The van der Waals surface area contributed by atoms with Gasteiger partial charge in [0.15, 0.2) is 11.6 Å². The molecule has 0 heterocycles. The van der Waals surface area contributed by atoms with Crippen molar-refractivity contribution in [2.24, 2.45) is 5.41 Å². The number of phenols is 1. The summed E-state index contributed by atoms with van der Waals surface area (Å²) in [6.07, 6.45) is 2.15. The van der Waals surface area contributed by atoms with Crippen LogP contribution in [0.15, 0.2) is 60.7 Å². The third kappa shape index (κ3) is 6.59. The number of benzene rings is 2. The van der Waals surface area contributed by atoms with Gasteiger partial charge < -0.3 is 9.84 Å². The van der Waals surface area contributed by atoms with Crippen LogP contribution in [-0.2, 0) is 9.53 Å². The average molecular weight is 416 g/mol. The van der Waals surface area contributed by atoms with E-state index < -0.39 is 35.1 Å². The van der Waals surface area contributed by atoms with E-state index in [0.29, 0.717) is 24.1 Å². The number of allylic oxidation sites excluding steroid dienone is 1. The summed E-state index contributed by atoms with van der Waals surface area (Å²) in [7, 11) is 0. The Balaban J connectivity index is 2.21. The van der Waals surface area contributed by atoms with Crippen molar-refractivity contribution in [2.75, 3.05) is 5.32 Å². The third-order valence-electron chi connectivity index (χ3n) is 4.56. The maximum atomic E-state index is 14.0. The second-order valence-corrected chi connectivity index (χ2v) is 7.39. The largest absolute Gasteiger partial charge is 0.505 e. The molecule has 0 aliphatic rings.